The van der Waals surface area contributed by atoms with Gasteiger partial charge in [0, 0.05) is 29.8 Å². The second kappa shape index (κ2) is 5.36. The lowest BCUT2D eigenvalue weighted by Crippen LogP contribution is -2.28. The number of rotatable bonds is 4. The van der Waals surface area contributed by atoms with Gasteiger partial charge in [0.1, 0.15) is 0 Å². The minimum absolute atomic E-state index is 0.0455. The number of anilines is 1. The van der Waals surface area contributed by atoms with Crippen LogP contribution in [0.5, 0.6) is 0 Å². The quantitative estimate of drug-likeness (QED) is 0.401. The highest BCUT2D eigenvalue weighted by atomic mass is 16.6. The topological polar surface area (TPSA) is 136 Å². The van der Waals surface area contributed by atoms with E-state index < -0.39 is 16.0 Å². The van der Waals surface area contributed by atoms with E-state index in [9.17, 15) is 19.7 Å². The number of nitrogens with zero attached hydrogens (tertiary/aromatic N) is 2. The molecule has 20 heavy (non-hydrogen) atoms. The maximum atomic E-state index is 11.6. The Morgan fingerprint density at radius 2 is 2.05 bits per heavy atom. The largest absolute Gasteiger partial charge is 0.324 e. The Morgan fingerprint density at radius 1 is 1.30 bits per heavy atom. The molecule has 9 nitrogen and oxygen atoms in total. The van der Waals surface area contributed by atoms with Crippen LogP contribution in [0.25, 0.3) is 0 Å². The SMILES string of the molecule is NNc1ccc([N+](=O)[O-])cc1Cn1[nH]c(=O)ccc1=O. The first-order valence-electron chi connectivity index (χ1n) is 5.55. The van der Waals surface area contributed by atoms with E-state index >= 15 is 0 Å². The summed E-state index contributed by atoms with van der Waals surface area (Å²) < 4.78 is 1.04. The number of hydrogen-bond acceptors (Lipinski definition) is 6. The summed E-state index contributed by atoms with van der Waals surface area (Å²) in [5, 5.41) is 13.1. The van der Waals surface area contributed by atoms with E-state index in [0.717, 1.165) is 16.8 Å². The van der Waals surface area contributed by atoms with Crippen molar-refractivity contribution in [2.45, 2.75) is 6.54 Å². The number of aromatic amines is 1. The summed E-state index contributed by atoms with van der Waals surface area (Å²) in [6.45, 7) is -0.0455. The average molecular weight is 277 g/mol. The van der Waals surface area contributed by atoms with Crippen LogP contribution in [0, 0.1) is 10.1 Å². The lowest BCUT2D eigenvalue weighted by atomic mass is 10.1. The number of nitro groups is 1. The summed E-state index contributed by atoms with van der Waals surface area (Å²) >= 11 is 0. The van der Waals surface area contributed by atoms with Crippen molar-refractivity contribution in [3.63, 3.8) is 0 Å². The Morgan fingerprint density at radius 3 is 2.70 bits per heavy atom. The summed E-state index contributed by atoms with van der Waals surface area (Å²) in [5.74, 6) is 5.32. The zero-order valence-corrected chi connectivity index (χ0v) is 10.2. The van der Waals surface area contributed by atoms with Gasteiger partial charge in [-0.2, -0.15) is 0 Å². The monoisotopic (exact) mass is 277 g/mol. The van der Waals surface area contributed by atoms with Crippen molar-refractivity contribution < 1.29 is 4.92 Å². The molecule has 0 aliphatic heterocycles. The molecule has 0 spiro atoms. The number of benzene rings is 1. The summed E-state index contributed by atoms with van der Waals surface area (Å²) in [7, 11) is 0. The Labute approximate surface area is 111 Å². The smallest absolute Gasteiger partial charge is 0.269 e. The molecule has 0 fully saturated rings. The molecule has 1 heterocycles. The number of non-ortho nitro benzene ring substituents is 1. The van der Waals surface area contributed by atoms with Gasteiger partial charge in [0.15, 0.2) is 0 Å². The Bertz CT molecular complexity index is 764. The highest BCUT2D eigenvalue weighted by Crippen LogP contribution is 2.21. The van der Waals surface area contributed by atoms with Crippen LogP contribution in [-0.4, -0.2) is 14.7 Å². The van der Waals surface area contributed by atoms with Crippen molar-refractivity contribution in [1.29, 1.82) is 0 Å². The normalized spacial score (nSPS) is 10.2. The molecule has 4 N–H and O–H groups in total. The first-order chi connectivity index (χ1) is 9.51. The van der Waals surface area contributed by atoms with Gasteiger partial charge in [0.25, 0.3) is 16.8 Å². The molecular formula is C11H11N5O4. The molecule has 0 saturated heterocycles. The number of nitrogens with two attached hydrogens (primary N) is 1. The predicted octanol–water partition coefficient (Wildman–Crippen LogP) is -0.221. The van der Waals surface area contributed by atoms with Crippen LogP contribution in [0.1, 0.15) is 5.56 Å². The van der Waals surface area contributed by atoms with Gasteiger partial charge in [-0.3, -0.25) is 30.6 Å². The Balaban J connectivity index is 2.48. The molecule has 104 valence electrons. The fraction of sp³-hybridized carbons (Fsp3) is 0.0909. The molecule has 0 atom stereocenters. The van der Waals surface area contributed by atoms with Crippen molar-refractivity contribution in [2.24, 2.45) is 5.84 Å². The zero-order chi connectivity index (χ0) is 14.7. The van der Waals surface area contributed by atoms with Crippen LogP contribution in [0.3, 0.4) is 0 Å². The molecule has 0 saturated carbocycles. The molecule has 0 radical (unpaired) electrons. The third-order valence-electron chi connectivity index (χ3n) is 2.67. The molecule has 0 bridgehead atoms. The maximum Gasteiger partial charge on any atom is 0.269 e. The predicted molar refractivity (Wildman–Crippen MR) is 71.3 cm³/mol. The van der Waals surface area contributed by atoms with E-state index in [0.29, 0.717) is 11.3 Å². The number of hydrazine groups is 1. The molecule has 0 aliphatic carbocycles. The molecule has 0 amide bonds. The van der Waals surface area contributed by atoms with Crippen molar-refractivity contribution in [3.8, 4) is 0 Å². The van der Waals surface area contributed by atoms with E-state index in [-0.39, 0.29) is 12.2 Å². The lowest BCUT2D eigenvalue weighted by molar-refractivity contribution is -0.384. The summed E-state index contributed by atoms with van der Waals surface area (Å²) in [5.41, 5.74) is 2.21. The molecule has 2 aromatic rings. The van der Waals surface area contributed by atoms with Gasteiger partial charge in [-0.25, -0.2) is 4.68 Å². The fourth-order valence-electron chi connectivity index (χ4n) is 1.72. The van der Waals surface area contributed by atoms with Gasteiger partial charge in [0.05, 0.1) is 17.2 Å². The summed E-state index contributed by atoms with van der Waals surface area (Å²) in [6.07, 6.45) is 0. The van der Waals surface area contributed by atoms with Crippen LogP contribution in [0.2, 0.25) is 0 Å². The standard InChI is InChI=1S/C11H11N5O4/c12-13-9-2-1-8(16(19)20)5-7(9)6-15-11(18)4-3-10(17)14-15/h1-5,13H,6,12H2,(H,14,17). The number of H-pyrrole nitrogens is 1. The van der Waals surface area contributed by atoms with E-state index in [1.54, 1.807) is 0 Å². The highest BCUT2D eigenvalue weighted by Gasteiger charge is 2.11. The van der Waals surface area contributed by atoms with Crippen LogP contribution in [0.4, 0.5) is 11.4 Å². The minimum Gasteiger partial charge on any atom is -0.324 e. The highest BCUT2D eigenvalue weighted by molar-refractivity contribution is 5.55. The molecular weight excluding hydrogens is 266 g/mol. The fourth-order valence-corrected chi connectivity index (χ4v) is 1.72. The summed E-state index contributed by atoms with van der Waals surface area (Å²) in [6, 6.07) is 6.22. The van der Waals surface area contributed by atoms with Gasteiger partial charge in [0.2, 0.25) is 0 Å². The van der Waals surface area contributed by atoms with E-state index in [2.05, 4.69) is 10.5 Å². The van der Waals surface area contributed by atoms with Crippen molar-refractivity contribution >= 4 is 11.4 Å². The first-order valence-corrected chi connectivity index (χ1v) is 5.55. The van der Waals surface area contributed by atoms with Crippen molar-refractivity contribution in [2.75, 3.05) is 5.43 Å². The second-order valence-electron chi connectivity index (χ2n) is 3.98. The maximum absolute atomic E-state index is 11.6. The minimum atomic E-state index is -0.555. The molecule has 0 aliphatic rings. The van der Waals surface area contributed by atoms with E-state index in [4.69, 9.17) is 5.84 Å². The van der Waals surface area contributed by atoms with Gasteiger partial charge in [-0.1, -0.05) is 0 Å². The Kier molecular flexibility index (Phi) is 3.62. The zero-order valence-electron chi connectivity index (χ0n) is 10.2. The number of nitrogen functional groups attached to an aromatic ring is 1. The number of hydrogen-bond donors (Lipinski definition) is 3. The number of aromatic nitrogens is 2. The number of nitro benzene ring substituents is 1. The van der Waals surface area contributed by atoms with Gasteiger partial charge in [-0.05, 0) is 6.07 Å². The third-order valence-corrected chi connectivity index (χ3v) is 2.67. The number of nitrogens with one attached hydrogen (secondary N) is 2. The van der Waals surface area contributed by atoms with Gasteiger partial charge in [-0.15, -0.1) is 0 Å². The Hall–Kier alpha value is -2.94. The van der Waals surface area contributed by atoms with Crippen LogP contribution in [-0.2, 0) is 6.54 Å². The van der Waals surface area contributed by atoms with Gasteiger partial charge >= 0.3 is 0 Å². The van der Waals surface area contributed by atoms with Gasteiger partial charge < -0.3 is 5.43 Å². The van der Waals surface area contributed by atoms with E-state index in [1.807, 2.05) is 0 Å². The van der Waals surface area contributed by atoms with Crippen molar-refractivity contribution in [3.05, 3.63) is 66.7 Å². The van der Waals surface area contributed by atoms with Crippen LogP contribution >= 0.6 is 0 Å². The molecule has 9 heteroatoms. The molecule has 1 aromatic heterocycles. The van der Waals surface area contributed by atoms with Crippen LogP contribution < -0.4 is 22.4 Å². The third kappa shape index (κ3) is 2.72. The lowest BCUT2D eigenvalue weighted by Gasteiger charge is -2.10. The average Bonchev–Trinajstić information content (AvgIpc) is 2.42. The van der Waals surface area contributed by atoms with Crippen LogP contribution in [0.15, 0.2) is 39.9 Å². The second-order valence-corrected chi connectivity index (χ2v) is 3.98. The molecule has 2 rings (SSSR count). The molecule has 0 unspecified atom stereocenters. The molecule has 1 aromatic carbocycles. The van der Waals surface area contributed by atoms with Crippen molar-refractivity contribution in [1.82, 2.24) is 9.78 Å². The first kappa shape index (κ1) is 13.5. The summed E-state index contributed by atoms with van der Waals surface area (Å²) in [4.78, 5) is 33.0. The van der Waals surface area contributed by atoms with E-state index in [1.165, 1.54) is 18.2 Å².